The molecule has 4 rings (SSSR count). The lowest BCUT2D eigenvalue weighted by Crippen LogP contribution is -2.21. The summed E-state index contributed by atoms with van der Waals surface area (Å²) in [6.07, 6.45) is 1.67. The largest absolute Gasteiger partial charge is 0.506 e. The van der Waals surface area contributed by atoms with Crippen molar-refractivity contribution in [1.82, 2.24) is 5.32 Å². The summed E-state index contributed by atoms with van der Waals surface area (Å²) in [4.78, 5) is 0. The fourth-order valence-corrected chi connectivity index (χ4v) is 4.30. The first-order chi connectivity index (χ1) is 11.6. The zero-order chi connectivity index (χ0) is 16.8. The fraction of sp³-hybridized carbons (Fsp3) is 0.333. The van der Waals surface area contributed by atoms with Gasteiger partial charge in [-0.1, -0.05) is 34.8 Å². The summed E-state index contributed by atoms with van der Waals surface area (Å²) in [5, 5.41) is 15.0. The maximum atomic E-state index is 10.1. The molecule has 0 spiro atoms. The molecule has 0 saturated carbocycles. The van der Waals surface area contributed by atoms with E-state index in [1.54, 1.807) is 6.07 Å². The molecule has 0 radical (unpaired) electrons. The monoisotopic (exact) mass is 383 g/mol. The highest BCUT2D eigenvalue weighted by Gasteiger charge is 2.31. The molecule has 0 aromatic heterocycles. The van der Waals surface area contributed by atoms with Gasteiger partial charge in [0.05, 0.1) is 21.7 Å². The van der Waals surface area contributed by atoms with Gasteiger partial charge in [0.2, 0.25) is 0 Å². The first-order valence-electron chi connectivity index (χ1n) is 7.92. The average Bonchev–Trinajstić information content (AvgIpc) is 2.91. The minimum absolute atomic E-state index is 0.0521. The van der Waals surface area contributed by atoms with Crippen molar-refractivity contribution < 1.29 is 9.84 Å². The maximum Gasteiger partial charge on any atom is 0.134 e. The summed E-state index contributed by atoms with van der Waals surface area (Å²) >= 11 is 19.0. The zero-order valence-corrected chi connectivity index (χ0v) is 15.1. The third-order valence-corrected chi connectivity index (χ3v) is 5.86. The predicted octanol–water partition coefficient (Wildman–Crippen LogP) is 4.56. The van der Waals surface area contributed by atoms with Gasteiger partial charge in [0.1, 0.15) is 11.5 Å². The Bertz CT molecular complexity index is 823. The Kier molecular flexibility index (Phi) is 4.29. The van der Waals surface area contributed by atoms with Crippen LogP contribution >= 0.6 is 34.8 Å². The Morgan fingerprint density at radius 1 is 1.04 bits per heavy atom. The summed E-state index contributed by atoms with van der Waals surface area (Å²) < 4.78 is 5.87. The quantitative estimate of drug-likeness (QED) is 0.757. The van der Waals surface area contributed by atoms with Gasteiger partial charge in [-0.3, -0.25) is 0 Å². The molecule has 0 amide bonds. The number of phenols is 1. The van der Waals surface area contributed by atoms with Gasteiger partial charge in [-0.05, 0) is 47.9 Å². The first-order valence-corrected chi connectivity index (χ1v) is 9.05. The lowest BCUT2D eigenvalue weighted by molar-refractivity contribution is 0.352. The highest BCUT2D eigenvalue weighted by Crippen LogP contribution is 2.47. The van der Waals surface area contributed by atoms with Crippen LogP contribution in [0.4, 0.5) is 0 Å². The van der Waals surface area contributed by atoms with Gasteiger partial charge in [-0.2, -0.15) is 0 Å². The Morgan fingerprint density at radius 3 is 2.67 bits per heavy atom. The van der Waals surface area contributed by atoms with E-state index >= 15 is 0 Å². The van der Waals surface area contributed by atoms with E-state index in [4.69, 9.17) is 39.5 Å². The van der Waals surface area contributed by atoms with E-state index in [0.29, 0.717) is 28.2 Å². The van der Waals surface area contributed by atoms with Crippen molar-refractivity contribution >= 4 is 34.8 Å². The van der Waals surface area contributed by atoms with Crippen molar-refractivity contribution in [2.24, 2.45) is 0 Å². The van der Waals surface area contributed by atoms with E-state index in [0.717, 1.165) is 47.4 Å². The Morgan fingerprint density at radius 2 is 1.83 bits per heavy atom. The molecular formula is C18H16Cl3NO2. The molecule has 126 valence electrons. The molecule has 2 aromatic carbocycles. The van der Waals surface area contributed by atoms with E-state index in [9.17, 15) is 5.11 Å². The molecule has 0 saturated heterocycles. The van der Waals surface area contributed by atoms with E-state index in [-0.39, 0.29) is 11.7 Å². The lowest BCUT2D eigenvalue weighted by Gasteiger charge is -2.23. The van der Waals surface area contributed by atoms with Gasteiger partial charge in [-0.25, -0.2) is 0 Å². The number of benzene rings is 2. The molecule has 0 unspecified atom stereocenters. The zero-order valence-electron chi connectivity index (χ0n) is 12.8. The summed E-state index contributed by atoms with van der Waals surface area (Å²) in [5.74, 6) is 0.861. The van der Waals surface area contributed by atoms with Crippen LogP contribution in [0.15, 0.2) is 18.2 Å². The molecule has 6 heteroatoms. The SMILES string of the molecule is Oc1cc2c(cc1Cl)CCNC[C@@H]2c1c(Cl)c(Cl)cc2c1OCC2. The molecule has 1 atom stereocenters. The summed E-state index contributed by atoms with van der Waals surface area (Å²) in [5.41, 5.74) is 4.11. The third kappa shape index (κ3) is 2.64. The molecule has 2 heterocycles. The van der Waals surface area contributed by atoms with Crippen LogP contribution in [-0.2, 0) is 12.8 Å². The second-order valence-electron chi connectivity index (χ2n) is 6.18. The first kappa shape index (κ1) is 16.3. The number of rotatable bonds is 1. The summed E-state index contributed by atoms with van der Waals surface area (Å²) in [6.45, 7) is 2.17. The standard InChI is InChI=1S/C18H16Cl3NO2/c19-13-5-9-1-3-22-8-12(11(9)7-15(13)23)16-17(21)14(20)6-10-2-4-24-18(10)16/h5-7,12,22-23H,1-4,8H2/t12-/m0/s1. The number of phenolic OH excluding ortho intramolecular Hbond substituents is 1. The molecule has 2 aromatic rings. The molecule has 24 heavy (non-hydrogen) atoms. The van der Waals surface area contributed by atoms with Gasteiger partial charge in [-0.15, -0.1) is 0 Å². The van der Waals surface area contributed by atoms with Crippen molar-refractivity contribution in [3.63, 3.8) is 0 Å². The van der Waals surface area contributed by atoms with Gasteiger partial charge in [0.25, 0.3) is 0 Å². The van der Waals surface area contributed by atoms with Crippen LogP contribution < -0.4 is 10.1 Å². The van der Waals surface area contributed by atoms with Crippen LogP contribution in [0.5, 0.6) is 11.5 Å². The minimum Gasteiger partial charge on any atom is -0.506 e. The predicted molar refractivity (Wildman–Crippen MR) is 97.2 cm³/mol. The van der Waals surface area contributed by atoms with Crippen molar-refractivity contribution in [3.05, 3.63) is 55.5 Å². The molecule has 3 nitrogen and oxygen atoms in total. The van der Waals surface area contributed by atoms with Crippen LogP contribution in [0.2, 0.25) is 15.1 Å². The normalized spacial score (nSPS) is 19.4. The number of ether oxygens (including phenoxy) is 1. The molecule has 0 aliphatic carbocycles. The summed E-state index contributed by atoms with van der Waals surface area (Å²) in [6, 6.07) is 5.47. The fourth-order valence-electron chi connectivity index (χ4n) is 3.61. The van der Waals surface area contributed by atoms with Crippen molar-refractivity contribution in [2.45, 2.75) is 18.8 Å². The van der Waals surface area contributed by atoms with Crippen LogP contribution in [0.1, 0.15) is 28.2 Å². The molecule has 0 fully saturated rings. The number of aromatic hydroxyl groups is 1. The van der Waals surface area contributed by atoms with Gasteiger partial charge >= 0.3 is 0 Å². The van der Waals surface area contributed by atoms with Crippen LogP contribution in [0, 0.1) is 0 Å². The van der Waals surface area contributed by atoms with E-state index in [1.165, 1.54) is 0 Å². The molecule has 2 aliphatic heterocycles. The number of nitrogens with one attached hydrogen (secondary N) is 1. The second kappa shape index (κ2) is 6.30. The van der Waals surface area contributed by atoms with E-state index < -0.39 is 0 Å². The highest BCUT2D eigenvalue weighted by molar-refractivity contribution is 6.42. The van der Waals surface area contributed by atoms with Crippen LogP contribution in [-0.4, -0.2) is 24.8 Å². The smallest absolute Gasteiger partial charge is 0.134 e. The molecule has 0 bridgehead atoms. The topological polar surface area (TPSA) is 41.5 Å². The molecule has 2 aliphatic rings. The van der Waals surface area contributed by atoms with Gasteiger partial charge in [0, 0.05) is 24.4 Å². The van der Waals surface area contributed by atoms with Crippen molar-refractivity contribution in [3.8, 4) is 11.5 Å². The Balaban J connectivity index is 1.94. The van der Waals surface area contributed by atoms with Crippen LogP contribution in [0.25, 0.3) is 0 Å². The van der Waals surface area contributed by atoms with Crippen LogP contribution in [0.3, 0.4) is 0 Å². The molecular weight excluding hydrogens is 369 g/mol. The number of hydrogen-bond donors (Lipinski definition) is 2. The van der Waals surface area contributed by atoms with Crippen molar-refractivity contribution in [1.29, 1.82) is 0 Å². The molecule has 2 N–H and O–H groups in total. The number of halogens is 3. The minimum atomic E-state index is -0.0521. The second-order valence-corrected chi connectivity index (χ2v) is 7.37. The lowest BCUT2D eigenvalue weighted by atomic mass is 9.86. The maximum absolute atomic E-state index is 10.1. The summed E-state index contributed by atoms with van der Waals surface area (Å²) in [7, 11) is 0. The van der Waals surface area contributed by atoms with E-state index in [1.807, 2.05) is 12.1 Å². The number of fused-ring (bicyclic) bond motifs is 2. The Labute approximate surface area is 155 Å². The number of hydrogen-bond acceptors (Lipinski definition) is 3. The van der Waals surface area contributed by atoms with Crippen molar-refractivity contribution in [2.75, 3.05) is 19.7 Å². The van der Waals surface area contributed by atoms with E-state index in [2.05, 4.69) is 5.32 Å². The van der Waals surface area contributed by atoms with Gasteiger partial charge in [0.15, 0.2) is 0 Å². The highest BCUT2D eigenvalue weighted by atomic mass is 35.5. The third-order valence-electron chi connectivity index (χ3n) is 4.75. The Hall–Kier alpha value is -1.13. The van der Waals surface area contributed by atoms with Gasteiger partial charge < -0.3 is 15.2 Å². The average molecular weight is 385 g/mol.